The molecule has 1 aliphatic heterocycles. The number of benzene rings is 2. The second-order valence-electron chi connectivity index (χ2n) is 7.83. The van der Waals surface area contributed by atoms with E-state index in [4.69, 9.17) is 32.7 Å². The Morgan fingerprint density at radius 1 is 1.15 bits per heavy atom. The molecular weight excluding hydrogens is 463 g/mol. The van der Waals surface area contributed by atoms with Gasteiger partial charge in [-0.25, -0.2) is 0 Å². The fourth-order valence-corrected chi connectivity index (χ4v) is 4.13. The number of aryl methyl sites for hydroxylation is 1. The van der Waals surface area contributed by atoms with Gasteiger partial charge in [0.15, 0.2) is 0 Å². The maximum atomic E-state index is 12.6. The molecule has 1 saturated heterocycles. The highest BCUT2D eigenvalue weighted by atomic mass is 35.5. The van der Waals surface area contributed by atoms with Crippen LogP contribution in [0.3, 0.4) is 0 Å². The first-order valence-corrected chi connectivity index (χ1v) is 11.5. The van der Waals surface area contributed by atoms with Crippen molar-refractivity contribution < 1.29 is 14.3 Å². The van der Waals surface area contributed by atoms with Crippen LogP contribution in [0.2, 0.25) is 10.0 Å². The average Bonchev–Trinajstić information content (AvgIpc) is 3.14. The summed E-state index contributed by atoms with van der Waals surface area (Å²) in [6, 6.07) is 12.8. The number of anilines is 1. The molecule has 0 aliphatic carbocycles. The number of morpholine rings is 1. The first-order valence-electron chi connectivity index (χ1n) is 10.8. The lowest BCUT2D eigenvalue weighted by Gasteiger charge is -2.26. The first kappa shape index (κ1) is 23.6. The zero-order valence-corrected chi connectivity index (χ0v) is 19.9. The quantitative estimate of drug-likeness (QED) is 0.512. The predicted octanol–water partition coefficient (Wildman–Crippen LogP) is 4.29. The van der Waals surface area contributed by atoms with Crippen LogP contribution in [0.5, 0.6) is 5.75 Å². The highest BCUT2D eigenvalue weighted by Gasteiger charge is 2.17. The van der Waals surface area contributed by atoms with Crippen molar-refractivity contribution in [3.63, 3.8) is 0 Å². The summed E-state index contributed by atoms with van der Waals surface area (Å²) in [5.74, 6) is 0.560. The fraction of sp³-hybridized carbons (Fsp3) is 0.333. The van der Waals surface area contributed by atoms with Crippen LogP contribution in [0, 0.1) is 0 Å². The van der Waals surface area contributed by atoms with Gasteiger partial charge in [-0.05, 0) is 35.9 Å². The molecule has 174 valence electrons. The first-order chi connectivity index (χ1) is 16.0. The molecule has 0 unspecified atom stereocenters. The van der Waals surface area contributed by atoms with E-state index < -0.39 is 0 Å². The van der Waals surface area contributed by atoms with E-state index in [0.717, 1.165) is 49.7 Å². The molecule has 4 rings (SSSR count). The lowest BCUT2D eigenvalue weighted by molar-refractivity contribution is -0.115. The van der Waals surface area contributed by atoms with E-state index in [0.29, 0.717) is 28.1 Å². The third-order valence-corrected chi connectivity index (χ3v) is 5.99. The SMILES string of the molecule is Cn1ncc(Cl)c1-c1cc(NC(=O)Cc2ccc(Cl)cc2)ccc1OCCN1CCOCC1. The van der Waals surface area contributed by atoms with Crippen molar-refractivity contribution in [3.05, 3.63) is 64.3 Å². The van der Waals surface area contributed by atoms with Crippen molar-refractivity contribution >= 4 is 34.8 Å². The number of hydrogen-bond donors (Lipinski definition) is 1. The average molecular weight is 489 g/mol. The number of carbonyl (C=O) groups is 1. The van der Waals surface area contributed by atoms with E-state index in [1.807, 2.05) is 37.4 Å². The van der Waals surface area contributed by atoms with Gasteiger partial charge >= 0.3 is 0 Å². The number of nitrogens with one attached hydrogen (secondary N) is 1. The molecule has 1 N–H and O–H groups in total. The zero-order valence-electron chi connectivity index (χ0n) is 18.4. The Morgan fingerprint density at radius 3 is 2.61 bits per heavy atom. The Morgan fingerprint density at radius 2 is 1.91 bits per heavy atom. The van der Waals surface area contributed by atoms with Gasteiger partial charge in [0, 0.05) is 43.0 Å². The largest absolute Gasteiger partial charge is 0.492 e. The minimum Gasteiger partial charge on any atom is -0.492 e. The van der Waals surface area contributed by atoms with Gasteiger partial charge < -0.3 is 14.8 Å². The summed E-state index contributed by atoms with van der Waals surface area (Å²) in [5.41, 5.74) is 3.04. The lowest BCUT2D eigenvalue weighted by atomic mass is 10.1. The number of hydrogen-bond acceptors (Lipinski definition) is 5. The molecule has 2 heterocycles. The highest BCUT2D eigenvalue weighted by molar-refractivity contribution is 6.33. The van der Waals surface area contributed by atoms with Gasteiger partial charge in [-0.3, -0.25) is 14.4 Å². The predicted molar refractivity (Wildman–Crippen MR) is 130 cm³/mol. The Balaban J connectivity index is 1.49. The number of halogens is 2. The van der Waals surface area contributed by atoms with Crippen molar-refractivity contribution in [2.24, 2.45) is 7.05 Å². The Bertz CT molecular complexity index is 1080. The summed E-state index contributed by atoms with van der Waals surface area (Å²) < 4.78 is 13.2. The monoisotopic (exact) mass is 488 g/mol. The number of rotatable bonds is 8. The maximum Gasteiger partial charge on any atom is 0.228 e. The van der Waals surface area contributed by atoms with Crippen LogP contribution >= 0.6 is 23.2 Å². The lowest BCUT2D eigenvalue weighted by Crippen LogP contribution is -2.38. The molecule has 2 aromatic carbocycles. The number of aromatic nitrogens is 2. The molecular formula is C24H26Cl2N4O3. The van der Waals surface area contributed by atoms with Gasteiger partial charge in [0.1, 0.15) is 12.4 Å². The summed E-state index contributed by atoms with van der Waals surface area (Å²) in [7, 11) is 1.82. The molecule has 1 amide bonds. The number of amides is 1. The summed E-state index contributed by atoms with van der Waals surface area (Å²) in [5, 5.41) is 8.36. The van der Waals surface area contributed by atoms with Crippen molar-refractivity contribution in [1.29, 1.82) is 0 Å². The highest BCUT2D eigenvalue weighted by Crippen LogP contribution is 2.36. The third-order valence-electron chi connectivity index (χ3n) is 5.46. The van der Waals surface area contributed by atoms with Crippen LogP contribution in [0.25, 0.3) is 11.3 Å². The molecule has 0 bridgehead atoms. The molecule has 9 heteroatoms. The molecule has 0 spiro atoms. The van der Waals surface area contributed by atoms with E-state index in [-0.39, 0.29) is 12.3 Å². The Hall–Kier alpha value is -2.58. The van der Waals surface area contributed by atoms with E-state index in [2.05, 4.69) is 15.3 Å². The number of nitrogens with zero attached hydrogens (tertiary/aromatic N) is 3. The van der Waals surface area contributed by atoms with Crippen molar-refractivity contribution in [1.82, 2.24) is 14.7 Å². The van der Waals surface area contributed by atoms with Crippen molar-refractivity contribution in [2.75, 3.05) is 44.8 Å². The normalized spacial score (nSPS) is 14.3. The third kappa shape index (κ3) is 6.26. The molecule has 7 nitrogen and oxygen atoms in total. The van der Waals surface area contributed by atoms with Crippen LogP contribution < -0.4 is 10.1 Å². The van der Waals surface area contributed by atoms with E-state index >= 15 is 0 Å². The second kappa shape index (κ2) is 11.0. The summed E-state index contributed by atoms with van der Waals surface area (Å²) in [6.45, 7) is 4.65. The summed E-state index contributed by atoms with van der Waals surface area (Å²) >= 11 is 12.4. The van der Waals surface area contributed by atoms with Crippen LogP contribution in [0.4, 0.5) is 5.69 Å². The molecule has 1 fully saturated rings. The van der Waals surface area contributed by atoms with E-state index in [1.54, 1.807) is 23.0 Å². The van der Waals surface area contributed by atoms with Gasteiger partial charge in [-0.1, -0.05) is 35.3 Å². The van der Waals surface area contributed by atoms with Crippen molar-refractivity contribution in [2.45, 2.75) is 6.42 Å². The number of carbonyl (C=O) groups excluding carboxylic acids is 1. The van der Waals surface area contributed by atoms with Gasteiger partial charge in [0.05, 0.1) is 36.5 Å². The number of ether oxygens (including phenoxy) is 2. The summed E-state index contributed by atoms with van der Waals surface area (Å²) in [4.78, 5) is 14.9. The molecule has 0 atom stereocenters. The smallest absolute Gasteiger partial charge is 0.228 e. The summed E-state index contributed by atoms with van der Waals surface area (Å²) in [6.07, 6.45) is 1.84. The molecule has 0 saturated carbocycles. The van der Waals surface area contributed by atoms with Crippen LogP contribution in [-0.2, 0) is 23.0 Å². The minimum absolute atomic E-state index is 0.125. The van der Waals surface area contributed by atoms with Crippen molar-refractivity contribution in [3.8, 4) is 17.0 Å². The van der Waals surface area contributed by atoms with Crippen LogP contribution in [0.15, 0.2) is 48.7 Å². The fourth-order valence-electron chi connectivity index (χ4n) is 3.73. The molecule has 1 aromatic heterocycles. The van der Waals surface area contributed by atoms with E-state index in [1.165, 1.54) is 0 Å². The van der Waals surface area contributed by atoms with Gasteiger partial charge in [0.2, 0.25) is 5.91 Å². The molecule has 0 radical (unpaired) electrons. The maximum absolute atomic E-state index is 12.6. The molecule has 3 aromatic rings. The standard InChI is InChI=1S/C24H26Cl2N4O3/c1-29-24(21(26)16-27-29)20-15-19(28-23(31)14-17-2-4-18(25)5-3-17)6-7-22(20)33-13-10-30-8-11-32-12-9-30/h2-7,15-16H,8-14H2,1H3,(H,28,31). The minimum atomic E-state index is -0.125. The van der Waals surface area contributed by atoms with Gasteiger partial charge in [-0.2, -0.15) is 5.10 Å². The topological polar surface area (TPSA) is 68.6 Å². The van der Waals surface area contributed by atoms with Gasteiger partial charge in [-0.15, -0.1) is 0 Å². The van der Waals surface area contributed by atoms with E-state index in [9.17, 15) is 4.79 Å². The van der Waals surface area contributed by atoms with Gasteiger partial charge in [0.25, 0.3) is 0 Å². The zero-order chi connectivity index (χ0) is 23.2. The van der Waals surface area contributed by atoms with Crippen LogP contribution in [0.1, 0.15) is 5.56 Å². The Kier molecular flexibility index (Phi) is 7.88. The van der Waals surface area contributed by atoms with Crippen LogP contribution in [-0.4, -0.2) is 60.0 Å². The molecule has 1 aliphatic rings. The molecule has 33 heavy (non-hydrogen) atoms. The Labute approximate surface area is 203 Å². The second-order valence-corrected chi connectivity index (χ2v) is 8.67.